The van der Waals surface area contributed by atoms with E-state index in [9.17, 15) is 9.59 Å². The van der Waals surface area contributed by atoms with E-state index in [-0.39, 0.29) is 18.8 Å². The molecule has 27 heavy (non-hydrogen) atoms. The molecule has 0 bridgehead atoms. The number of nitrogens with one attached hydrogen (secondary N) is 1. The first-order valence-corrected chi connectivity index (χ1v) is 8.94. The van der Waals surface area contributed by atoms with Crippen molar-refractivity contribution in [3.05, 3.63) is 64.8 Å². The van der Waals surface area contributed by atoms with Crippen LogP contribution < -0.4 is 4.74 Å². The largest absolute Gasteiger partial charge is 0.496 e. The number of esters is 1. The van der Waals surface area contributed by atoms with Gasteiger partial charge in [-0.05, 0) is 25.0 Å². The van der Waals surface area contributed by atoms with Gasteiger partial charge in [-0.15, -0.1) is 0 Å². The normalized spacial score (nSPS) is 10.8. The Labute approximate surface area is 158 Å². The van der Waals surface area contributed by atoms with Crippen LogP contribution >= 0.6 is 0 Å². The molecule has 0 radical (unpaired) electrons. The first kappa shape index (κ1) is 18.7. The summed E-state index contributed by atoms with van der Waals surface area (Å²) < 4.78 is 10.5. The SMILES string of the molecule is CCc1cccc2c(C(=O)COC(=O)Cc3cc(C)ccc3OC)c[nH]c12. The Kier molecular flexibility index (Phi) is 5.60. The standard InChI is InChI=1S/C22H23NO4/c1-4-15-6-5-7-17-18(12-23-22(15)17)19(24)13-27-21(25)11-16-10-14(2)8-9-20(16)26-3/h5-10,12,23H,4,11,13H2,1-3H3. The number of aryl methyl sites for hydroxylation is 2. The number of aromatic nitrogens is 1. The number of Topliss-reactive ketones (excluding diaryl/α,β-unsaturated/α-hetero) is 1. The van der Waals surface area contributed by atoms with E-state index in [2.05, 4.69) is 11.9 Å². The number of benzene rings is 2. The average molecular weight is 365 g/mol. The highest BCUT2D eigenvalue weighted by Gasteiger charge is 2.16. The van der Waals surface area contributed by atoms with Gasteiger partial charge in [-0.25, -0.2) is 0 Å². The lowest BCUT2D eigenvalue weighted by Crippen LogP contribution is -2.16. The van der Waals surface area contributed by atoms with Crippen molar-refractivity contribution in [3.8, 4) is 5.75 Å². The van der Waals surface area contributed by atoms with Gasteiger partial charge in [0, 0.05) is 28.2 Å². The molecule has 0 saturated carbocycles. The van der Waals surface area contributed by atoms with Gasteiger partial charge in [0.15, 0.2) is 6.61 Å². The highest BCUT2D eigenvalue weighted by atomic mass is 16.5. The number of aromatic amines is 1. The highest BCUT2D eigenvalue weighted by Crippen LogP contribution is 2.23. The van der Waals surface area contributed by atoms with E-state index in [4.69, 9.17) is 9.47 Å². The molecule has 3 rings (SSSR count). The van der Waals surface area contributed by atoms with Crippen LogP contribution in [-0.2, 0) is 22.4 Å². The molecule has 3 aromatic rings. The molecule has 0 spiro atoms. The molecule has 1 N–H and O–H groups in total. The van der Waals surface area contributed by atoms with Crippen LogP contribution in [0, 0.1) is 6.92 Å². The molecule has 0 unspecified atom stereocenters. The third kappa shape index (κ3) is 4.03. The number of hydrogen-bond donors (Lipinski definition) is 1. The summed E-state index contributed by atoms with van der Waals surface area (Å²) in [5, 5.41) is 0.857. The summed E-state index contributed by atoms with van der Waals surface area (Å²) in [6, 6.07) is 11.5. The van der Waals surface area contributed by atoms with Crippen LogP contribution in [0.3, 0.4) is 0 Å². The number of carbonyl (C=O) groups is 2. The minimum atomic E-state index is -0.457. The predicted molar refractivity (Wildman–Crippen MR) is 104 cm³/mol. The van der Waals surface area contributed by atoms with Gasteiger partial charge in [0.1, 0.15) is 5.75 Å². The molecule has 0 saturated heterocycles. The molecule has 1 heterocycles. The molecule has 0 atom stereocenters. The summed E-state index contributed by atoms with van der Waals surface area (Å²) in [5.74, 6) is -0.0481. The lowest BCUT2D eigenvalue weighted by molar-refractivity contribution is -0.141. The van der Waals surface area contributed by atoms with Crippen LogP contribution in [-0.4, -0.2) is 30.5 Å². The van der Waals surface area contributed by atoms with Gasteiger partial charge in [-0.2, -0.15) is 0 Å². The summed E-state index contributed by atoms with van der Waals surface area (Å²) in [6.07, 6.45) is 2.62. The van der Waals surface area contributed by atoms with E-state index < -0.39 is 5.97 Å². The van der Waals surface area contributed by atoms with Crippen LogP contribution in [0.5, 0.6) is 5.75 Å². The number of fused-ring (bicyclic) bond motifs is 1. The fourth-order valence-corrected chi connectivity index (χ4v) is 3.22. The lowest BCUT2D eigenvalue weighted by Gasteiger charge is -2.09. The zero-order valence-electron chi connectivity index (χ0n) is 15.8. The number of H-pyrrole nitrogens is 1. The number of ketones is 1. The van der Waals surface area contributed by atoms with Crippen molar-refractivity contribution in [1.29, 1.82) is 0 Å². The Hall–Kier alpha value is -3.08. The smallest absolute Gasteiger partial charge is 0.310 e. The first-order chi connectivity index (χ1) is 13.0. The van der Waals surface area contributed by atoms with Crippen molar-refractivity contribution in [3.63, 3.8) is 0 Å². The maximum atomic E-state index is 12.5. The summed E-state index contributed by atoms with van der Waals surface area (Å²) >= 11 is 0. The van der Waals surface area contributed by atoms with Crippen LogP contribution in [0.2, 0.25) is 0 Å². The monoisotopic (exact) mass is 365 g/mol. The van der Waals surface area contributed by atoms with E-state index in [0.717, 1.165) is 34.0 Å². The summed E-state index contributed by atoms with van der Waals surface area (Å²) in [6.45, 7) is 3.73. The lowest BCUT2D eigenvalue weighted by atomic mass is 10.1. The summed E-state index contributed by atoms with van der Waals surface area (Å²) in [7, 11) is 1.56. The summed E-state index contributed by atoms with van der Waals surface area (Å²) in [4.78, 5) is 27.9. The minimum absolute atomic E-state index is 0.0615. The Balaban J connectivity index is 1.68. The van der Waals surface area contributed by atoms with Gasteiger partial charge >= 0.3 is 5.97 Å². The van der Waals surface area contributed by atoms with Gasteiger partial charge in [0.05, 0.1) is 13.5 Å². The molecule has 140 valence electrons. The molecular formula is C22H23NO4. The Morgan fingerprint density at radius 2 is 1.93 bits per heavy atom. The van der Waals surface area contributed by atoms with Gasteiger partial charge in [-0.1, -0.05) is 42.8 Å². The van der Waals surface area contributed by atoms with Crippen LogP contribution in [0.1, 0.15) is 34.0 Å². The van der Waals surface area contributed by atoms with Crippen molar-refractivity contribution in [1.82, 2.24) is 4.98 Å². The second kappa shape index (κ2) is 8.08. The zero-order chi connectivity index (χ0) is 19.4. The fourth-order valence-electron chi connectivity index (χ4n) is 3.22. The molecule has 0 aliphatic carbocycles. The van der Waals surface area contributed by atoms with Crippen molar-refractivity contribution in [2.45, 2.75) is 26.7 Å². The van der Waals surface area contributed by atoms with E-state index in [0.29, 0.717) is 11.3 Å². The maximum absolute atomic E-state index is 12.5. The Bertz CT molecular complexity index is 987. The molecule has 2 aromatic carbocycles. The van der Waals surface area contributed by atoms with Gasteiger partial charge < -0.3 is 14.5 Å². The number of para-hydroxylation sites is 1. The summed E-state index contributed by atoms with van der Waals surface area (Å²) in [5.41, 5.74) is 4.42. The zero-order valence-corrected chi connectivity index (χ0v) is 15.8. The van der Waals surface area contributed by atoms with E-state index in [1.54, 1.807) is 13.3 Å². The van der Waals surface area contributed by atoms with Crippen molar-refractivity contribution >= 4 is 22.7 Å². The molecule has 0 aliphatic heterocycles. The molecule has 0 aliphatic rings. The minimum Gasteiger partial charge on any atom is -0.496 e. The van der Waals surface area contributed by atoms with Crippen molar-refractivity contribution < 1.29 is 19.1 Å². The Morgan fingerprint density at radius 3 is 2.67 bits per heavy atom. The number of hydrogen-bond acceptors (Lipinski definition) is 4. The highest BCUT2D eigenvalue weighted by molar-refractivity contribution is 6.09. The first-order valence-electron chi connectivity index (χ1n) is 8.94. The number of carbonyl (C=O) groups excluding carboxylic acids is 2. The number of rotatable bonds is 7. The molecule has 5 nitrogen and oxygen atoms in total. The number of methoxy groups -OCH3 is 1. The molecular weight excluding hydrogens is 342 g/mol. The van der Waals surface area contributed by atoms with Crippen molar-refractivity contribution in [2.75, 3.05) is 13.7 Å². The van der Waals surface area contributed by atoms with Gasteiger partial charge in [0.2, 0.25) is 5.78 Å². The molecule has 5 heteroatoms. The number of ether oxygens (including phenoxy) is 2. The predicted octanol–water partition coefficient (Wildman–Crippen LogP) is 4.02. The van der Waals surface area contributed by atoms with Gasteiger partial charge in [0.25, 0.3) is 0 Å². The van der Waals surface area contributed by atoms with Crippen molar-refractivity contribution in [2.24, 2.45) is 0 Å². The quantitative estimate of drug-likeness (QED) is 0.507. The van der Waals surface area contributed by atoms with E-state index in [1.165, 1.54) is 0 Å². The topological polar surface area (TPSA) is 68.4 Å². The van der Waals surface area contributed by atoms with Crippen LogP contribution in [0.15, 0.2) is 42.6 Å². The molecule has 0 fully saturated rings. The fraction of sp³-hybridized carbons (Fsp3) is 0.273. The Morgan fingerprint density at radius 1 is 1.11 bits per heavy atom. The van der Waals surface area contributed by atoms with E-state index >= 15 is 0 Å². The second-order valence-electron chi connectivity index (χ2n) is 6.47. The molecule has 0 amide bonds. The average Bonchev–Trinajstić information content (AvgIpc) is 3.10. The van der Waals surface area contributed by atoms with Gasteiger partial charge in [-0.3, -0.25) is 9.59 Å². The third-order valence-electron chi connectivity index (χ3n) is 4.62. The maximum Gasteiger partial charge on any atom is 0.310 e. The molecule has 1 aromatic heterocycles. The third-order valence-corrected chi connectivity index (χ3v) is 4.62. The van der Waals surface area contributed by atoms with Crippen LogP contribution in [0.4, 0.5) is 0 Å². The second-order valence-corrected chi connectivity index (χ2v) is 6.47. The van der Waals surface area contributed by atoms with Crippen LogP contribution in [0.25, 0.3) is 10.9 Å². The van der Waals surface area contributed by atoms with E-state index in [1.807, 2.05) is 43.3 Å².